The maximum Gasteiger partial charge on any atom is 0.303 e. The summed E-state index contributed by atoms with van der Waals surface area (Å²) in [4.78, 5) is 14.5. The molecule has 0 spiro atoms. The number of carboxylic acids is 1. The van der Waals surface area contributed by atoms with Gasteiger partial charge in [-0.15, -0.1) is 0 Å². The van der Waals surface area contributed by atoms with Gasteiger partial charge in [0.2, 0.25) is 0 Å². The van der Waals surface area contributed by atoms with Crippen LogP contribution in [0.5, 0.6) is 0 Å². The average Bonchev–Trinajstić information content (AvgIpc) is 2.56. The second kappa shape index (κ2) is 5.30. The molecule has 2 N–H and O–H groups in total. The van der Waals surface area contributed by atoms with Gasteiger partial charge in [0.1, 0.15) is 5.82 Å². The van der Waals surface area contributed by atoms with E-state index in [0.717, 1.165) is 0 Å². The van der Waals surface area contributed by atoms with Crippen molar-refractivity contribution in [2.75, 3.05) is 0 Å². The molecule has 0 aliphatic rings. The molecule has 0 bridgehead atoms. The van der Waals surface area contributed by atoms with E-state index in [1.54, 1.807) is 32.4 Å². The van der Waals surface area contributed by atoms with Crippen LogP contribution < -0.4 is 4.72 Å². The van der Waals surface area contributed by atoms with Crippen molar-refractivity contribution in [2.24, 2.45) is 7.05 Å². The van der Waals surface area contributed by atoms with E-state index in [2.05, 4.69) is 9.71 Å². The largest absolute Gasteiger partial charge is 0.481 e. The van der Waals surface area contributed by atoms with Crippen LogP contribution in [0.1, 0.15) is 32.5 Å². The minimum atomic E-state index is -3.74. The first-order chi connectivity index (χ1) is 8.53. The van der Waals surface area contributed by atoms with Crippen LogP contribution in [-0.2, 0) is 21.9 Å². The van der Waals surface area contributed by atoms with Crippen molar-refractivity contribution in [3.63, 3.8) is 0 Å². The van der Waals surface area contributed by atoms with E-state index in [1.165, 1.54) is 6.20 Å². The molecule has 1 aromatic heterocycles. The van der Waals surface area contributed by atoms with Gasteiger partial charge < -0.3 is 9.67 Å². The predicted octanol–water partition coefficient (Wildman–Crippen LogP) is 0.650. The van der Waals surface area contributed by atoms with Gasteiger partial charge in [0.05, 0.1) is 0 Å². The molecule has 8 heteroatoms. The number of hydrogen-bond donors (Lipinski definition) is 2. The molecule has 1 rings (SSSR count). The van der Waals surface area contributed by atoms with Gasteiger partial charge in [0, 0.05) is 25.2 Å². The van der Waals surface area contributed by atoms with Gasteiger partial charge in [-0.1, -0.05) is 0 Å². The molecule has 0 aromatic carbocycles. The molecule has 19 heavy (non-hydrogen) atoms. The van der Waals surface area contributed by atoms with E-state index in [4.69, 9.17) is 5.11 Å². The lowest BCUT2D eigenvalue weighted by molar-refractivity contribution is -0.137. The third-order valence-electron chi connectivity index (χ3n) is 2.74. The van der Waals surface area contributed by atoms with Gasteiger partial charge >= 0.3 is 5.97 Å². The highest BCUT2D eigenvalue weighted by molar-refractivity contribution is 7.89. The molecule has 0 fully saturated rings. The van der Waals surface area contributed by atoms with Crippen LogP contribution in [0.4, 0.5) is 0 Å². The number of aliphatic carboxylic acids is 1. The number of nitrogens with one attached hydrogen (secondary N) is 1. The van der Waals surface area contributed by atoms with Crippen molar-refractivity contribution in [3.05, 3.63) is 12.0 Å². The van der Waals surface area contributed by atoms with Crippen LogP contribution in [0, 0.1) is 6.92 Å². The quantitative estimate of drug-likeness (QED) is 0.800. The van der Waals surface area contributed by atoms with E-state index < -0.39 is 21.5 Å². The molecule has 0 aliphatic heterocycles. The highest BCUT2D eigenvalue weighted by atomic mass is 32.2. The monoisotopic (exact) mass is 289 g/mol. The molecule has 1 heterocycles. The van der Waals surface area contributed by atoms with Gasteiger partial charge in [-0.25, -0.2) is 18.1 Å². The number of nitrogens with zero attached hydrogens (tertiary/aromatic N) is 2. The summed E-state index contributed by atoms with van der Waals surface area (Å²) in [6.07, 6.45) is 1.52. The molecule has 0 amide bonds. The SMILES string of the molecule is Cc1nc(S(=O)(=O)NC(C)(C)CCC(=O)O)cn1C. The summed E-state index contributed by atoms with van der Waals surface area (Å²) in [5.41, 5.74) is -0.845. The summed E-state index contributed by atoms with van der Waals surface area (Å²) in [7, 11) is -2.04. The number of carbonyl (C=O) groups is 1. The Morgan fingerprint density at radius 3 is 2.53 bits per heavy atom. The fraction of sp³-hybridized carbons (Fsp3) is 0.636. The van der Waals surface area contributed by atoms with Crippen LogP contribution in [0.3, 0.4) is 0 Å². The van der Waals surface area contributed by atoms with Crippen LogP contribution in [0.25, 0.3) is 0 Å². The normalized spacial score (nSPS) is 12.6. The number of aromatic nitrogens is 2. The van der Waals surface area contributed by atoms with Crippen molar-refractivity contribution in [1.29, 1.82) is 0 Å². The second-order valence-corrected chi connectivity index (χ2v) is 6.75. The van der Waals surface area contributed by atoms with E-state index in [-0.39, 0.29) is 17.9 Å². The van der Waals surface area contributed by atoms with E-state index in [1.807, 2.05) is 0 Å². The lowest BCUT2D eigenvalue weighted by atomic mass is 10.0. The van der Waals surface area contributed by atoms with Crippen molar-refractivity contribution in [2.45, 2.75) is 44.2 Å². The Hall–Kier alpha value is -1.41. The number of sulfonamides is 1. The van der Waals surface area contributed by atoms with E-state index >= 15 is 0 Å². The Labute approximate surface area is 112 Å². The third kappa shape index (κ3) is 4.32. The predicted molar refractivity (Wildman–Crippen MR) is 69.2 cm³/mol. The summed E-state index contributed by atoms with van der Waals surface area (Å²) in [5, 5.41) is 8.58. The number of carboxylic acid groups (broad SMARTS) is 1. The Balaban J connectivity index is 2.87. The highest BCUT2D eigenvalue weighted by Gasteiger charge is 2.28. The minimum Gasteiger partial charge on any atom is -0.481 e. The summed E-state index contributed by atoms with van der Waals surface area (Å²) < 4.78 is 28.3. The minimum absolute atomic E-state index is 0.0594. The fourth-order valence-electron chi connectivity index (χ4n) is 1.54. The third-order valence-corrected chi connectivity index (χ3v) is 4.31. The Kier molecular flexibility index (Phi) is 4.36. The zero-order valence-corrected chi connectivity index (χ0v) is 12.3. The average molecular weight is 289 g/mol. The van der Waals surface area contributed by atoms with Crippen molar-refractivity contribution >= 4 is 16.0 Å². The number of imidazole rings is 1. The van der Waals surface area contributed by atoms with Gasteiger partial charge in [0.15, 0.2) is 5.03 Å². The molecule has 108 valence electrons. The topological polar surface area (TPSA) is 101 Å². The second-order valence-electron chi connectivity index (χ2n) is 5.12. The number of aryl methyl sites for hydroxylation is 2. The number of hydrogen-bond acceptors (Lipinski definition) is 4. The van der Waals surface area contributed by atoms with Crippen LogP contribution in [-0.4, -0.2) is 34.6 Å². The van der Waals surface area contributed by atoms with Crippen LogP contribution >= 0.6 is 0 Å². The summed E-state index contributed by atoms with van der Waals surface area (Å²) in [6, 6.07) is 0. The molecule has 0 saturated heterocycles. The Morgan fingerprint density at radius 1 is 1.53 bits per heavy atom. The first kappa shape index (κ1) is 15.6. The smallest absolute Gasteiger partial charge is 0.303 e. The van der Waals surface area contributed by atoms with Gasteiger partial charge in [-0.3, -0.25) is 4.79 Å². The maximum atomic E-state index is 12.1. The van der Waals surface area contributed by atoms with Gasteiger partial charge in [-0.05, 0) is 27.2 Å². The Morgan fingerprint density at radius 2 is 2.11 bits per heavy atom. The molecule has 0 atom stereocenters. The van der Waals surface area contributed by atoms with Crippen molar-refractivity contribution in [1.82, 2.24) is 14.3 Å². The first-order valence-electron chi connectivity index (χ1n) is 5.79. The van der Waals surface area contributed by atoms with Crippen LogP contribution in [0.15, 0.2) is 11.2 Å². The lowest BCUT2D eigenvalue weighted by Crippen LogP contribution is -2.43. The maximum absolute atomic E-state index is 12.1. The molecular formula is C11H19N3O4S. The van der Waals surface area contributed by atoms with E-state index in [0.29, 0.717) is 5.82 Å². The molecule has 0 unspecified atom stereocenters. The molecule has 1 aromatic rings. The molecule has 0 saturated carbocycles. The van der Waals surface area contributed by atoms with E-state index in [9.17, 15) is 13.2 Å². The molecular weight excluding hydrogens is 270 g/mol. The molecule has 7 nitrogen and oxygen atoms in total. The van der Waals surface area contributed by atoms with Gasteiger partial charge in [0.25, 0.3) is 10.0 Å². The fourth-order valence-corrected chi connectivity index (χ4v) is 3.03. The van der Waals surface area contributed by atoms with Crippen LogP contribution in [0.2, 0.25) is 0 Å². The summed E-state index contributed by atoms with van der Waals surface area (Å²) in [5.74, 6) is -0.371. The lowest BCUT2D eigenvalue weighted by Gasteiger charge is -2.24. The summed E-state index contributed by atoms with van der Waals surface area (Å²) >= 11 is 0. The number of rotatable bonds is 6. The van der Waals surface area contributed by atoms with Gasteiger partial charge in [-0.2, -0.15) is 0 Å². The molecule has 0 radical (unpaired) electrons. The zero-order chi connectivity index (χ0) is 14.8. The Bertz CT molecular complexity index is 555. The van der Waals surface area contributed by atoms with Crippen molar-refractivity contribution in [3.8, 4) is 0 Å². The highest BCUT2D eigenvalue weighted by Crippen LogP contribution is 2.16. The van der Waals surface area contributed by atoms with Crippen molar-refractivity contribution < 1.29 is 18.3 Å². The standard InChI is InChI=1S/C11H19N3O4S/c1-8-12-9(7-14(8)4)19(17,18)13-11(2,3)6-5-10(15)16/h7,13H,5-6H2,1-4H3,(H,15,16). The molecule has 0 aliphatic carbocycles. The zero-order valence-electron chi connectivity index (χ0n) is 11.5. The first-order valence-corrected chi connectivity index (χ1v) is 7.27. The summed E-state index contributed by atoms with van der Waals surface area (Å²) in [6.45, 7) is 4.99.